The lowest BCUT2D eigenvalue weighted by molar-refractivity contribution is -0.138. The topological polar surface area (TPSA) is 23.6 Å². The van der Waals surface area contributed by atoms with Gasteiger partial charge in [0.25, 0.3) is 0 Å². The molecule has 1 heterocycles. The van der Waals surface area contributed by atoms with Crippen LogP contribution in [-0.2, 0) is 17.5 Å². The molecule has 6 heteroatoms. The molecule has 2 fully saturated rings. The molecule has 0 aromatic heterocycles. The Morgan fingerprint density at radius 2 is 1.80 bits per heavy atom. The van der Waals surface area contributed by atoms with Crippen molar-refractivity contribution in [2.45, 2.75) is 57.3 Å². The summed E-state index contributed by atoms with van der Waals surface area (Å²) in [4.78, 5) is 16.3. The summed E-state index contributed by atoms with van der Waals surface area (Å²) in [5.74, 6) is 0.134. The maximum Gasteiger partial charge on any atom is 0.416 e. The van der Waals surface area contributed by atoms with Crippen LogP contribution in [0.15, 0.2) is 24.3 Å². The highest BCUT2D eigenvalue weighted by atomic mass is 19.4. The van der Waals surface area contributed by atoms with E-state index in [4.69, 9.17) is 0 Å². The van der Waals surface area contributed by atoms with Crippen molar-refractivity contribution in [1.29, 1.82) is 0 Å². The van der Waals surface area contributed by atoms with E-state index in [9.17, 15) is 18.0 Å². The first-order valence-electron chi connectivity index (χ1n) is 9.12. The number of hydrogen-bond acceptors (Lipinski definition) is 2. The van der Waals surface area contributed by atoms with Crippen LogP contribution in [0.25, 0.3) is 0 Å². The van der Waals surface area contributed by atoms with Gasteiger partial charge in [0.05, 0.1) is 5.56 Å². The highest BCUT2D eigenvalue weighted by molar-refractivity contribution is 5.76. The second-order valence-corrected chi connectivity index (χ2v) is 7.05. The van der Waals surface area contributed by atoms with E-state index >= 15 is 0 Å². The quantitative estimate of drug-likeness (QED) is 0.769. The van der Waals surface area contributed by atoms with Crippen molar-refractivity contribution in [2.75, 3.05) is 19.6 Å². The van der Waals surface area contributed by atoms with Crippen molar-refractivity contribution in [3.63, 3.8) is 0 Å². The third kappa shape index (κ3) is 4.97. The molecule has 1 amide bonds. The molecule has 138 valence electrons. The Morgan fingerprint density at radius 1 is 1.12 bits per heavy atom. The minimum absolute atomic E-state index is 0.134. The second kappa shape index (κ2) is 7.77. The molecule has 25 heavy (non-hydrogen) atoms. The minimum Gasteiger partial charge on any atom is -0.343 e. The van der Waals surface area contributed by atoms with E-state index in [1.165, 1.54) is 12.5 Å². The van der Waals surface area contributed by atoms with Gasteiger partial charge in [0.15, 0.2) is 0 Å². The lowest BCUT2D eigenvalue weighted by Gasteiger charge is -2.29. The normalized spacial score (nSPS) is 18.6. The van der Waals surface area contributed by atoms with Gasteiger partial charge in [0.2, 0.25) is 5.91 Å². The highest BCUT2D eigenvalue weighted by Gasteiger charge is 2.35. The average Bonchev–Trinajstić information content (AvgIpc) is 3.43. The first-order chi connectivity index (χ1) is 11.9. The zero-order valence-electron chi connectivity index (χ0n) is 14.4. The Balaban J connectivity index is 1.62. The van der Waals surface area contributed by atoms with Gasteiger partial charge >= 0.3 is 6.18 Å². The number of amides is 1. The Morgan fingerprint density at radius 3 is 2.44 bits per heavy atom. The molecule has 1 saturated heterocycles. The molecule has 1 aromatic rings. The fraction of sp³-hybridized carbons (Fsp3) is 0.632. The molecule has 1 aliphatic heterocycles. The monoisotopic (exact) mass is 354 g/mol. The molecule has 1 aliphatic carbocycles. The molecular weight excluding hydrogens is 329 g/mol. The van der Waals surface area contributed by atoms with Gasteiger partial charge in [-0.1, -0.05) is 18.2 Å². The number of rotatable bonds is 6. The van der Waals surface area contributed by atoms with Gasteiger partial charge in [-0.3, -0.25) is 9.69 Å². The Labute approximate surface area is 146 Å². The summed E-state index contributed by atoms with van der Waals surface area (Å²) in [5, 5.41) is 0. The summed E-state index contributed by atoms with van der Waals surface area (Å²) in [7, 11) is 0. The number of alkyl halides is 3. The third-order valence-corrected chi connectivity index (χ3v) is 5.08. The van der Waals surface area contributed by atoms with Crippen LogP contribution >= 0.6 is 0 Å². The van der Waals surface area contributed by atoms with Gasteiger partial charge in [-0.05, 0) is 43.7 Å². The highest BCUT2D eigenvalue weighted by Crippen LogP contribution is 2.34. The molecule has 0 bridgehead atoms. The lowest BCUT2D eigenvalue weighted by Crippen LogP contribution is -2.38. The fourth-order valence-electron chi connectivity index (χ4n) is 3.52. The van der Waals surface area contributed by atoms with Crippen molar-refractivity contribution in [2.24, 2.45) is 0 Å². The summed E-state index contributed by atoms with van der Waals surface area (Å²) >= 11 is 0. The Kier molecular flexibility index (Phi) is 5.67. The number of halogens is 3. The summed E-state index contributed by atoms with van der Waals surface area (Å²) in [5.41, 5.74) is -0.268. The summed E-state index contributed by atoms with van der Waals surface area (Å²) in [6.07, 6.45) is 1.35. The van der Waals surface area contributed by atoms with Crippen LogP contribution < -0.4 is 0 Å². The molecule has 0 N–H and O–H groups in total. The van der Waals surface area contributed by atoms with Crippen LogP contribution in [0.2, 0.25) is 0 Å². The number of hydrogen-bond donors (Lipinski definition) is 0. The summed E-state index contributed by atoms with van der Waals surface area (Å²) < 4.78 is 39.6. The second-order valence-electron chi connectivity index (χ2n) is 7.05. The van der Waals surface area contributed by atoms with Crippen LogP contribution in [0.1, 0.15) is 49.7 Å². The van der Waals surface area contributed by atoms with Crippen molar-refractivity contribution >= 4 is 5.91 Å². The van der Waals surface area contributed by atoms with Crippen molar-refractivity contribution in [1.82, 2.24) is 9.80 Å². The van der Waals surface area contributed by atoms with Gasteiger partial charge in [0, 0.05) is 38.6 Å². The van der Waals surface area contributed by atoms with E-state index in [0.717, 1.165) is 44.8 Å². The Bertz CT molecular complexity index is 593. The molecule has 0 unspecified atom stereocenters. The number of likely N-dealkylation sites (tertiary alicyclic amines) is 1. The minimum atomic E-state index is -4.34. The molecule has 3 nitrogen and oxygen atoms in total. The van der Waals surface area contributed by atoms with E-state index in [1.54, 1.807) is 12.1 Å². The maximum atomic E-state index is 13.2. The fourth-order valence-corrected chi connectivity index (χ4v) is 3.52. The van der Waals surface area contributed by atoms with Gasteiger partial charge in [-0.2, -0.15) is 13.2 Å². The van der Waals surface area contributed by atoms with Crippen molar-refractivity contribution in [3.8, 4) is 0 Å². The van der Waals surface area contributed by atoms with E-state index in [-0.39, 0.29) is 12.5 Å². The van der Waals surface area contributed by atoms with Crippen molar-refractivity contribution < 1.29 is 18.0 Å². The van der Waals surface area contributed by atoms with Crippen molar-refractivity contribution in [3.05, 3.63) is 35.4 Å². The first-order valence-corrected chi connectivity index (χ1v) is 9.12. The molecule has 3 rings (SSSR count). The SMILES string of the molecule is O=C(CCN(Cc1ccccc1C(F)(F)F)C1CC1)N1CCCCC1. The maximum absolute atomic E-state index is 13.2. The third-order valence-electron chi connectivity index (χ3n) is 5.08. The molecular formula is C19H25F3N2O. The zero-order chi connectivity index (χ0) is 17.9. The Hall–Kier alpha value is -1.56. The first kappa shape index (κ1) is 18.2. The van der Waals surface area contributed by atoms with E-state index in [0.29, 0.717) is 24.6 Å². The van der Waals surface area contributed by atoms with E-state index in [2.05, 4.69) is 0 Å². The van der Waals surface area contributed by atoms with Crippen LogP contribution in [0.5, 0.6) is 0 Å². The molecule has 0 radical (unpaired) electrons. The number of carbonyl (C=O) groups excluding carboxylic acids is 1. The lowest BCUT2D eigenvalue weighted by atomic mass is 10.1. The zero-order valence-corrected chi connectivity index (χ0v) is 14.4. The summed E-state index contributed by atoms with van der Waals surface area (Å²) in [6.45, 7) is 2.43. The standard InChI is InChI=1S/C19H25F3N2O/c20-19(21,22)17-7-3-2-6-15(17)14-24(16-8-9-16)13-10-18(25)23-11-4-1-5-12-23/h2-3,6-7,16H,1,4-5,8-14H2. The number of nitrogens with zero attached hydrogens (tertiary/aromatic N) is 2. The molecule has 0 spiro atoms. The molecule has 1 aromatic carbocycles. The van der Waals surface area contributed by atoms with E-state index in [1.807, 2.05) is 9.80 Å². The molecule has 0 atom stereocenters. The van der Waals surface area contributed by atoms with Gasteiger partial charge in [-0.15, -0.1) is 0 Å². The van der Waals surface area contributed by atoms with E-state index < -0.39 is 11.7 Å². The number of carbonyl (C=O) groups is 1. The number of benzene rings is 1. The summed E-state index contributed by atoms with van der Waals surface area (Å²) in [6, 6.07) is 6.07. The van der Waals surface area contributed by atoms with Crippen LogP contribution in [0, 0.1) is 0 Å². The van der Waals surface area contributed by atoms with Crippen LogP contribution in [0.4, 0.5) is 13.2 Å². The van der Waals surface area contributed by atoms with Gasteiger partial charge in [-0.25, -0.2) is 0 Å². The largest absolute Gasteiger partial charge is 0.416 e. The van der Waals surface area contributed by atoms with Gasteiger partial charge < -0.3 is 4.90 Å². The van der Waals surface area contributed by atoms with Crippen LogP contribution in [-0.4, -0.2) is 41.4 Å². The van der Waals surface area contributed by atoms with Crippen LogP contribution in [0.3, 0.4) is 0 Å². The number of piperidine rings is 1. The predicted octanol–water partition coefficient (Wildman–Crippen LogP) is 4.07. The molecule has 2 aliphatic rings. The predicted molar refractivity (Wildman–Crippen MR) is 89.9 cm³/mol. The molecule has 1 saturated carbocycles. The van der Waals surface area contributed by atoms with Gasteiger partial charge in [0.1, 0.15) is 0 Å². The smallest absolute Gasteiger partial charge is 0.343 e. The average molecular weight is 354 g/mol.